The molecule has 5 amide bonds. The molecule has 2 heterocycles. The number of aliphatic hydroxyl groups is 1. The summed E-state index contributed by atoms with van der Waals surface area (Å²) in [5.74, 6) is -4.21. The highest BCUT2D eigenvalue weighted by Crippen LogP contribution is 2.31. The number of H-pyrrole nitrogens is 1. The molecule has 0 bridgehead atoms. The van der Waals surface area contributed by atoms with Crippen molar-refractivity contribution in [1.29, 1.82) is 0 Å². The van der Waals surface area contributed by atoms with Gasteiger partial charge in [-0.05, 0) is 67.2 Å². The number of thioether (sulfide) groups is 1. The molecule has 7 unspecified atom stereocenters. The molecule has 11 N–H and O–H groups in total. The summed E-state index contributed by atoms with van der Waals surface area (Å²) in [5.41, 5.74) is 12.0. The standard InChI is InChI=1S/C38H48N8O12S/c1-20(44(2)32(51)26(39)16-21-6-4-8-23(47)14-21)31(40)34(53)46(19-25-18-29(49)35(58-25)45-12-10-30(50)43-38(45)57)33(52)27(11-13-59-3)41-37(56)42-28(36(54)55)17-22-7-5-9-24(48)15-22/h4-10,12,14-15,19-20,26-29,31,35,47-49H,11,13,16-18,39-40H2,1-3H3,(H,54,55)(H2,41,42,56)(H,43,50,57). The van der Waals surface area contributed by atoms with Gasteiger partial charge in [-0.25, -0.2) is 14.4 Å². The third kappa shape index (κ3) is 12.2. The maximum atomic E-state index is 14.4. The topological polar surface area (TPSA) is 313 Å². The molecule has 1 fully saturated rings. The van der Waals surface area contributed by atoms with Gasteiger partial charge in [-0.2, -0.15) is 11.8 Å². The quantitative estimate of drug-likeness (QED) is 0.0811. The number of rotatable bonds is 17. The fraction of sp³-hybridized carbons (Fsp3) is 0.395. The zero-order chi connectivity index (χ0) is 43.6. The second-order valence-electron chi connectivity index (χ2n) is 13.9. The van der Waals surface area contributed by atoms with Crippen LogP contribution in [0.4, 0.5) is 4.79 Å². The summed E-state index contributed by atoms with van der Waals surface area (Å²) < 4.78 is 6.70. The number of aromatic hydroxyl groups is 2. The Labute approximate surface area is 341 Å². The smallest absolute Gasteiger partial charge is 0.331 e. The summed E-state index contributed by atoms with van der Waals surface area (Å²) in [6.07, 6.45) is 0.362. The van der Waals surface area contributed by atoms with Gasteiger partial charge in [-0.15, -0.1) is 0 Å². The van der Waals surface area contributed by atoms with Crippen molar-refractivity contribution in [2.45, 2.75) is 75.1 Å². The summed E-state index contributed by atoms with van der Waals surface area (Å²) in [4.78, 5) is 95.5. The number of benzene rings is 2. The van der Waals surface area contributed by atoms with E-state index in [1.807, 2.05) is 4.98 Å². The number of hydrogen-bond acceptors (Lipinski definition) is 14. The lowest BCUT2D eigenvalue weighted by molar-refractivity contribution is -0.145. The number of aromatic nitrogens is 2. The zero-order valence-electron chi connectivity index (χ0n) is 32.4. The molecule has 20 nitrogen and oxygen atoms in total. The number of hydrogen-bond donors (Lipinski definition) is 9. The largest absolute Gasteiger partial charge is 0.508 e. The van der Waals surface area contributed by atoms with Gasteiger partial charge in [0.05, 0.1) is 18.3 Å². The zero-order valence-corrected chi connectivity index (χ0v) is 33.2. The number of aromatic amines is 1. The van der Waals surface area contributed by atoms with Gasteiger partial charge in [0.25, 0.3) is 17.4 Å². The van der Waals surface area contributed by atoms with Crippen molar-refractivity contribution in [3.05, 3.63) is 105 Å². The number of carboxylic acid groups (broad SMARTS) is 1. The molecule has 318 valence electrons. The minimum atomic E-state index is -1.62. The monoisotopic (exact) mass is 840 g/mol. The molecule has 7 atom stereocenters. The van der Waals surface area contributed by atoms with Gasteiger partial charge in [-0.1, -0.05) is 24.3 Å². The van der Waals surface area contributed by atoms with Crippen LogP contribution >= 0.6 is 11.8 Å². The fourth-order valence-electron chi connectivity index (χ4n) is 6.15. The van der Waals surface area contributed by atoms with Crippen LogP contribution in [0.5, 0.6) is 11.5 Å². The third-order valence-corrected chi connectivity index (χ3v) is 10.1. The molecule has 1 aliphatic rings. The van der Waals surface area contributed by atoms with E-state index in [9.17, 15) is 54.0 Å². The van der Waals surface area contributed by atoms with E-state index in [0.29, 0.717) is 16.0 Å². The minimum absolute atomic E-state index is 0.0240. The lowest BCUT2D eigenvalue weighted by Crippen LogP contribution is -2.60. The molecule has 2 aromatic carbocycles. The second-order valence-corrected chi connectivity index (χ2v) is 14.8. The average molecular weight is 841 g/mol. The third-order valence-electron chi connectivity index (χ3n) is 9.50. The van der Waals surface area contributed by atoms with Gasteiger partial charge >= 0.3 is 17.7 Å². The van der Waals surface area contributed by atoms with Gasteiger partial charge in [-0.3, -0.25) is 33.6 Å². The van der Waals surface area contributed by atoms with Crippen molar-refractivity contribution in [3.8, 4) is 11.5 Å². The number of phenolic OH excluding ortho intramolecular Hbond substituents is 2. The number of likely N-dealkylation sites (N-methyl/N-ethyl adjacent to an activating group) is 1. The molecule has 1 aliphatic heterocycles. The van der Waals surface area contributed by atoms with E-state index in [1.54, 1.807) is 24.5 Å². The number of aliphatic carboxylic acids is 1. The highest BCUT2D eigenvalue weighted by molar-refractivity contribution is 7.98. The van der Waals surface area contributed by atoms with Gasteiger partial charge in [0.1, 0.15) is 41.5 Å². The number of carbonyl (C=O) groups excluding carboxylic acids is 4. The maximum Gasteiger partial charge on any atom is 0.331 e. The number of amides is 5. The van der Waals surface area contributed by atoms with Crippen LogP contribution in [0.15, 0.2) is 82.3 Å². The number of nitrogens with one attached hydrogen (secondary N) is 3. The first-order chi connectivity index (χ1) is 27.9. The molecule has 3 aromatic rings. The lowest BCUT2D eigenvalue weighted by atomic mass is 10.0. The van der Waals surface area contributed by atoms with Crippen molar-refractivity contribution in [1.82, 2.24) is 30.0 Å². The van der Waals surface area contributed by atoms with Crippen LogP contribution in [0.2, 0.25) is 0 Å². The molecule has 0 saturated carbocycles. The first kappa shape index (κ1) is 45.5. The van der Waals surface area contributed by atoms with Crippen LogP contribution < -0.4 is 33.3 Å². The highest BCUT2D eigenvalue weighted by atomic mass is 32.2. The molecule has 0 spiro atoms. The molecule has 0 radical (unpaired) electrons. The number of carboxylic acids is 1. The van der Waals surface area contributed by atoms with Gasteiger partial charge in [0.15, 0.2) is 0 Å². The molecule has 1 saturated heterocycles. The number of carbonyl (C=O) groups is 5. The predicted molar refractivity (Wildman–Crippen MR) is 214 cm³/mol. The van der Waals surface area contributed by atoms with E-state index in [0.717, 1.165) is 27.9 Å². The summed E-state index contributed by atoms with van der Waals surface area (Å²) in [6.45, 7) is 1.45. The molecule has 4 rings (SSSR count). The molecule has 59 heavy (non-hydrogen) atoms. The van der Waals surface area contributed by atoms with E-state index >= 15 is 0 Å². The SMILES string of the molecule is CSCCC(NC(=O)NC(Cc1cccc(O)c1)C(=O)O)C(=O)N(C=C1CC(O)C(n2ccc(=O)[nH]c2=O)O1)C(=O)C(N)C(C)N(C)C(=O)C(N)Cc1cccc(O)c1. The Balaban J connectivity index is 1.63. The number of urea groups is 1. The Morgan fingerprint density at radius 3 is 2.15 bits per heavy atom. The molecule has 1 aromatic heterocycles. The van der Waals surface area contributed by atoms with Crippen LogP contribution in [-0.4, -0.2) is 125 Å². The molecule has 0 aliphatic carbocycles. The number of nitrogens with two attached hydrogens (primary N) is 2. The van der Waals surface area contributed by atoms with Crippen molar-refractivity contribution in [2.75, 3.05) is 19.1 Å². The predicted octanol–water partition coefficient (Wildman–Crippen LogP) is -0.715. The normalized spacial score (nSPS) is 18.1. The maximum absolute atomic E-state index is 14.4. The summed E-state index contributed by atoms with van der Waals surface area (Å²) >= 11 is 1.30. The second kappa shape index (κ2) is 20.5. The van der Waals surface area contributed by atoms with Crippen LogP contribution in [0.3, 0.4) is 0 Å². The first-order valence-corrected chi connectivity index (χ1v) is 19.7. The van der Waals surface area contributed by atoms with Crippen LogP contribution in [0.25, 0.3) is 0 Å². The van der Waals surface area contributed by atoms with Crippen molar-refractivity contribution >= 4 is 41.5 Å². The molecule has 21 heteroatoms. The summed E-state index contributed by atoms with van der Waals surface area (Å²) in [5, 5.41) is 45.1. The summed E-state index contributed by atoms with van der Waals surface area (Å²) in [6, 6.07) is 5.05. The molecular weight excluding hydrogens is 793 g/mol. The number of aliphatic hydroxyl groups excluding tert-OH is 1. The minimum Gasteiger partial charge on any atom is -0.508 e. The Morgan fingerprint density at radius 2 is 1.58 bits per heavy atom. The fourth-order valence-corrected chi connectivity index (χ4v) is 6.63. The van der Waals surface area contributed by atoms with Crippen molar-refractivity contribution in [2.24, 2.45) is 11.5 Å². The van der Waals surface area contributed by atoms with E-state index < -0.39 is 83.5 Å². The Kier molecular flexibility index (Phi) is 15.8. The van der Waals surface area contributed by atoms with Gasteiger partial charge in [0, 0.05) is 32.2 Å². The van der Waals surface area contributed by atoms with E-state index in [-0.39, 0.29) is 48.7 Å². The van der Waals surface area contributed by atoms with E-state index in [1.165, 1.54) is 56.1 Å². The molecular formula is C38H48N8O12S. The van der Waals surface area contributed by atoms with Crippen LogP contribution in [0.1, 0.15) is 37.1 Å². The van der Waals surface area contributed by atoms with Crippen LogP contribution in [-0.2, 0) is 36.8 Å². The Hall–Kier alpha value is -6.16. The van der Waals surface area contributed by atoms with Gasteiger partial charge in [0.2, 0.25) is 12.1 Å². The number of nitrogens with zero attached hydrogens (tertiary/aromatic N) is 3. The van der Waals surface area contributed by atoms with Gasteiger partial charge < -0.3 is 52.2 Å². The Bertz CT molecular complexity index is 2160. The first-order valence-electron chi connectivity index (χ1n) is 18.3. The highest BCUT2D eigenvalue weighted by Gasteiger charge is 2.39. The number of imide groups is 1. The number of ether oxygens (including phenoxy) is 1. The average Bonchev–Trinajstić information content (AvgIpc) is 3.55. The van der Waals surface area contributed by atoms with Crippen molar-refractivity contribution < 1.29 is 49.1 Å². The van der Waals surface area contributed by atoms with Crippen molar-refractivity contribution in [3.63, 3.8) is 0 Å². The Morgan fingerprint density at radius 1 is 0.966 bits per heavy atom. The lowest BCUT2D eigenvalue weighted by Gasteiger charge is -2.33. The number of phenols is 2. The van der Waals surface area contributed by atoms with E-state index in [2.05, 4.69) is 10.6 Å². The van der Waals surface area contributed by atoms with Crippen LogP contribution in [0, 0.1) is 0 Å². The summed E-state index contributed by atoms with van der Waals surface area (Å²) in [7, 11) is 1.36. The van der Waals surface area contributed by atoms with E-state index in [4.69, 9.17) is 16.2 Å².